The fraction of sp³-hybridized carbons (Fsp3) is 0.154. The maximum absolute atomic E-state index is 13.6. The van der Waals surface area contributed by atoms with Crippen LogP contribution in [0.2, 0.25) is 0 Å². The number of hydrogen-bond donors (Lipinski definition) is 1. The molecule has 0 aliphatic carbocycles. The van der Waals surface area contributed by atoms with E-state index in [1.807, 2.05) is 0 Å². The maximum atomic E-state index is 13.6. The molecule has 2 aromatic rings. The van der Waals surface area contributed by atoms with Crippen molar-refractivity contribution >= 4 is 11.4 Å². The highest BCUT2D eigenvalue weighted by atomic mass is 19.1. The topological polar surface area (TPSA) is 58.9 Å². The number of para-hydroxylation sites is 1. The Morgan fingerprint density at radius 3 is 2.84 bits per heavy atom. The number of rotatable bonds is 3. The number of nitrogens with one attached hydrogen (secondary N) is 1. The molecule has 2 heterocycles. The Hall–Kier alpha value is -2.50. The van der Waals surface area contributed by atoms with Gasteiger partial charge in [-0.15, -0.1) is 0 Å². The zero-order chi connectivity index (χ0) is 13.2. The summed E-state index contributed by atoms with van der Waals surface area (Å²) in [6.07, 6.45) is 0. The second-order valence-corrected chi connectivity index (χ2v) is 3.95. The first-order valence-electron chi connectivity index (χ1n) is 5.73. The first kappa shape index (κ1) is 11.6. The third-order valence-corrected chi connectivity index (χ3v) is 2.75. The molecule has 0 spiro atoms. The summed E-state index contributed by atoms with van der Waals surface area (Å²) in [6.45, 7) is 0.370. The number of ether oxygens (including phenoxy) is 1. The molecule has 0 fully saturated rings. The van der Waals surface area contributed by atoms with Gasteiger partial charge in [-0.25, -0.2) is 9.38 Å². The zero-order valence-corrected chi connectivity index (χ0v) is 10.2. The van der Waals surface area contributed by atoms with E-state index in [-0.39, 0.29) is 5.82 Å². The fourth-order valence-corrected chi connectivity index (χ4v) is 1.84. The van der Waals surface area contributed by atoms with Crippen LogP contribution in [0, 0.1) is 5.82 Å². The summed E-state index contributed by atoms with van der Waals surface area (Å²) >= 11 is 0. The summed E-state index contributed by atoms with van der Waals surface area (Å²) in [6, 6.07) is 8.16. The highest BCUT2D eigenvalue weighted by Crippen LogP contribution is 2.24. The number of methoxy groups -OCH3 is 1. The van der Waals surface area contributed by atoms with Crippen LogP contribution in [-0.4, -0.2) is 18.8 Å². The standard InChI is InChI=1S/C13H11FN4O/c1-19-13-11(6-10-12(18-13)16-7-15-10)17-9-5-3-2-4-8(9)14/h2-6,17H,7H2,1H3. The predicted molar refractivity (Wildman–Crippen MR) is 67.7 cm³/mol. The fourth-order valence-electron chi connectivity index (χ4n) is 1.84. The van der Waals surface area contributed by atoms with Crippen molar-refractivity contribution in [3.63, 3.8) is 0 Å². The third-order valence-electron chi connectivity index (χ3n) is 2.75. The highest BCUT2D eigenvalue weighted by Gasteiger charge is 2.10. The molecule has 1 aliphatic heterocycles. The summed E-state index contributed by atoms with van der Waals surface area (Å²) in [5.74, 6) is 0.0227. The van der Waals surface area contributed by atoms with E-state index in [1.165, 1.54) is 13.2 Å². The van der Waals surface area contributed by atoms with E-state index in [1.54, 1.807) is 24.3 Å². The minimum absolute atomic E-state index is 0.341. The lowest BCUT2D eigenvalue weighted by molar-refractivity contribution is 0.398. The van der Waals surface area contributed by atoms with Crippen LogP contribution in [0.5, 0.6) is 5.88 Å². The van der Waals surface area contributed by atoms with Gasteiger partial charge in [0.25, 0.3) is 0 Å². The molecule has 0 bridgehead atoms. The number of anilines is 2. The van der Waals surface area contributed by atoms with Crippen LogP contribution in [0.4, 0.5) is 15.8 Å². The van der Waals surface area contributed by atoms with Crippen LogP contribution in [0.15, 0.2) is 40.3 Å². The van der Waals surface area contributed by atoms with Crippen LogP contribution in [0.25, 0.3) is 0 Å². The smallest absolute Gasteiger partial charge is 0.239 e. The normalized spacial score (nSPS) is 12.3. The molecule has 3 rings (SSSR count). The number of benzene rings is 1. The van der Waals surface area contributed by atoms with Crippen molar-refractivity contribution in [2.24, 2.45) is 9.98 Å². The second kappa shape index (κ2) is 4.64. The quantitative estimate of drug-likeness (QED) is 0.899. The minimum Gasteiger partial charge on any atom is -0.479 e. The van der Waals surface area contributed by atoms with E-state index < -0.39 is 0 Å². The average molecular weight is 258 g/mol. The van der Waals surface area contributed by atoms with E-state index in [9.17, 15) is 4.39 Å². The Balaban J connectivity index is 2.07. The SMILES string of the molecule is COc1nc2c(cc1Nc1ccccc1F)=NCN=2. The maximum Gasteiger partial charge on any atom is 0.239 e. The molecular weight excluding hydrogens is 247 g/mol. The van der Waals surface area contributed by atoms with Gasteiger partial charge >= 0.3 is 0 Å². The Morgan fingerprint density at radius 1 is 1.21 bits per heavy atom. The van der Waals surface area contributed by atoms with Crippen LogP contribution < -0.4 is 20.9 Å². The Kier molecular flexibility index (Phi) is 2.83. The number of pyridine rings is 1. The first-order chi connectivity index (χ1) is 9.28. The second-order valence-electron chi connectivity index (χ2n) is 3.95. The van der Waals surface area contributed by atoms with Crippen molar-refractivity contribution < 1.29 is 9.13 Å². The highest BCUT2D eigenvalue weighted by molar-refractivity contribution is 5.64. The molecule has 0 saturated carbocycles. The van der Waals surface area contributed by atoms with Crippen molar-refractivity contribution in [3.05, 3.63) is 47.0 Å². The summed E-state index contributed by atoms with van der Waals surface area (Å²) < 4.78 is 18.8. The van der Waals surface area contributed by atoms with Crippen LogP contribution in [0.1, 0.15) is 0 Å². The van der Waals surface area contributed by atoms with E-state index >= 15 is 0 Å². The van der Waals surface area contributed by atoms with Crippen LogP contribution in [0.3, 0.4) is 0 Å². The van der Waals surface area contributed by atoms with Gasteiger partial charge in [0, 0.05) is 0 Å². The van der Waals surface area contributed by atoms with Gasteiger partial charge in [0.05, 0.1) is 12.8 Å². The van der Waals surface area contributed by atoms with Crippen LogP contribution >= 0.6 is 0 Å². The molecule has 1 aliphatic rings. The first-order valence-corrected chi connectivity index (χ1v) is 5.73. The molecule has 19 heavy (non-hydrogen) atoms. The van der Waals surface area contributed by atoms with Crippen LogP contribution in [-0.2, 0) is 0 Å². The molecule has 1 N–H and O–H groups in total. The molecule has 5 nitrogen and oxygen atoms in total. The van der Waals surface area contributed by atoms with Crippen molar-refractivity contribution in [1.82, 2.24) is 4.98 Å². The van der Waals surface area contributed by atoms with Crippen molar-refractivity contribution in [2.75, 3.05) is 19.1 Å². The van der Waals surface area contributed by atoms with Gasteiger partial charge in [-0.05, 0) is 18.2 Å². The van der Waals surface area contributed by atoms with Gasteiger partial charge in [-0.3, -0.25) is 4.99 Å². The summed E-state index contributed by atoms with van der Waals surface area (Å²) in [4.78, 5) is 12.5. The molecule has 0 radical (unpaired) electrons. The molecule has 6 heteroatoms. The monoisotopic (exact) mass is 258 g/mol. The molecular formula is C13H11FN4O. The Bertz CT molecular complexity index is 745. The van der Waals surface area contributed by atoms with E-state index in [4.69, 9.17) is 4.74 Å². The molecule has 1 aromatic heterocycles. The number of nitrogens with zero attached hydrogens (tertiary/aromatic N) is 3. The summed E-state index contributed by atoms with van der Waals surface area (Å²) in [7, 11) is 1.51. The van der Waals surface area contributed by atoms with Crippen molar-refractivity contribution in [2.45, 2.75) is 0 Å². The van der Waals surface area contributed by atoms with Gasteiger partial charge in [0.1, 0.15) is 23.5 Å². The van der Waals surface area contributed by atoms with E-state index in [0.29, 0.717) is 34.8 Å². The number of aromatic nitrogens is 1. The lowest BCUT2D eigenvalue weighted by atomic mass is 10.3. The molecule has 96 valence electrons. The minimum atomic E-state index is -0.341. The van der Waals surface area contributed by atoms with Gasteiger partial charge in [0.15, 0.2) is 5.49 Å². The van der Waals surface area contributed by atoms with Crippen molar-refractivity contribution in [1.29, 1.82) is 0 Å². The molecule has 0 unspecified atom stereocenters. The van der Waals surface area contributed by atoms with Gasteiger partial charge in [0.2, 0.25) is 5.88 Å². The predicted octanol–water partition coefficient (Wildman–Crippen LogP) is 1.18. The lowest BCUT2D eigenvalue weighted by Crippen LogP contribution is -2.26. The third kappa shape index (κ3) is 2.12. The average Bonchev–Trinajstić information content (AvgIpc) is 2.87. The lowest BCUT2D eigenvalue weighted by Gasteiger charge is -2.10. The van der Waals surface area contributed by atoms with Gasteiger partial charge in [-0.1, -0.05) is 12.1 Å². The van der Waals surface area contributed by atoms with Gasteiger partial charge < -0.3 is 10.1 Å². The summed E-state index contributed by atoms with van der Waals surface area (Å²) in [5, 5.41) is 3.64. The molecule has 0 amide bonds. The van der Waals surface area contributed by atoms with Gasteiger partial charge in [-0.2, -0.15) is 4.98 Å². The molecule has 0 atom stereocenters. The largest absolute Gasteiger partial charge is 0.479 e. The summed E-state index contributed by atoms with van der Waals surface area (Å²) in [5.41, 5.74) is 1.47. The number of fused-ring (bicyclic) bond motifs is 1. The zero-order valence-electron chi connectivity index (χ0n) is 10.2. The number of halogens is 1. The van der Waals surface area contributed by atoms with Crippen molar-refractivity contribution in [3.8, 4) is 5.88 Å². The molecule has 0 saturated heterocycles. The Labute approximate surface area is 108 Å². The molecule has 1 aromatic carbocycles. The Morgan fingerprint density at radius 2 is 2.05 bits per heavy atom. The van der Waals surface area contributed by atoms with E-state index in [0.717, 1.165) is 0 Å². The van der Waals surface area contributed by atoms with E-state index in [2.05, 4.69) is 20.3 Å². The number of hydrogen-bond acceptors (Lipinski definition) is 5.